The number of aliphatic hydroxyl groups excluding tert-OH is 1. The number of imidazole rings is 1. The predicted octanol–water partition coefficient (Wildman–Crippen LogP) is 4.83. The quantitative estimate of drug-likeness (QED) is 0.525. The van der Waals surface area contributed by atoms with E-state index >= 15 is 0 Å². The normalized spacial score (nSPS) is 42.8. The number of rotatable bonds is 4. The van der Waals surface area contributed by atoms with Gasteiger partial charge in [-0.25, -0.2) is 4.98 Å². The van der Waals surface area contributed by atoms with Crippen molar-refractivity contribution in [1.82, 2.24) is 9.55 Å². The van der Waals surface area contributed by atoms with Gasteiger partial charge in [-0.1, -0.05) is 30.9 Å². The van der Waals surface area contributed by atoms with Crippen LogP contribution in [0, 0.1) is 52.8 Å². The molecule has 0 bridgehead atoms. The fraction of sp³-hybridized carbons (Fsp3) is 0.750. The highest BCUT2D eigenvalue weighted by Gasteiger charge is 2.57. The van der Waals surface area contributed by atoms with Crippen molar-refractivity contribution < 1.29 is 10.2 Å². The molecule has 5 rings (SSSR count). The summed E-state index contributed by atoms with van der Waals surface area (Å²) < 4.78 is 2.17. The van der Waals surface area contributed by atoms with Crippen molar-refractivity contribution in [2.45, 2.75) is 83.3 Å². The molecule has 0 spiro atoms. The van der Waals surface area contributed by atoms with Crippen LogP contribution in [0.3, 0.4) is 0 Å². The van der Waals surface area contributed by atoms with Gasteiger partial charge in [-0.2, -0.15) is 0 Å². The Hall–Kier alpha value is -1.57. The molecule has 174 valence electrons. The fourth-order valence-corrected chi connectivity index (χ4v) is 8.67. The lowest BCUT2D eigenvalue weighted by Crippen LogP contribution is -2.50. The minimum atomic E-state index is -0.824. The van der Waals surface area contributed by atoms with Crippen LogP contribution in [0.4, 0.5) is 0 Å². The summed E-state index contributed by atoms with van der Waals surface area (Å²) in [5.41, 5.74) is 0.969. The van der Waals surface area contributed by atoms with Gasteiger partial charge in [-0.15, -0.1) is 0 Å². The van der Waals surface area contributed by atoms with Gasteiger partial charge in [0.15, 0.2) is 0 Å². The van der Waals surface area contributed by atoms with Gasteiger partial charge in [0.1, 0.15) is 5.60 Å². The Labute approximate surface area is 193 Å². The fourth-order valence-electron chi connectivity index (χ4n) is 8.67. The molecule has 8 atom stereocenters. The molecule has 0 saturated heterocycles. The zero-order valence-corrected chi connectivity index (χ0v) is 19.7. The van der Waals surface area contributed by atoms with Crippen LogP contribution in [0.2, 0.25) is 0 Å². The number of nitrogens with zero attached hydrogens (tertiary/aromatic N) is 2. The Bertz CT molecular complexity index is 883. The molecule has 1 heterocycles. The summed E-state index contributed by atoms with van der Waals surface area (Å²) in [5, 5.41) is 20.1. The van der Waals surface area contributed by atoms with Gasteiger partial charge in [0.25, 0.3) is 0 Å². The van der Waals surface area contributed by atoms with Crippen molar-refractivity contribution in [1.29, 1.82) is 0 Å². The van der Waals surface area contributed by atoms with Crippen molar-refractivity contribution in [3.8, 4) is 11.8 Å². The maximum atomic E-state index is 11.1. The Balaban J connectivity index is 1.27. The zero-order valence-electron chi connectivity index (χ0n) is 19.7. The van der Waals surface area contributed by atoms with Crippen molar-refractivity contribution in [2.24, 2.45) is 40.9 Å². The number of allylic oxidation sites excluding steroid dienone is 1. The number of aliphatic hydroxyl groups is 2. The maximum Gasteiger partial charge on any atom is 0.125 e. The highest BCUT2D eigenvalue weighted by molar-refractivity contribution is 5.19. The van der Waals surface area contributed by atoms with Gasteiger partial charge in [0.05, 0.1) is 12.9 Å². The van der Waals surface area contributed by atoms with Crippen molar-refractivity contribution in [3.05, 3.63) is 30.9 Å². The van der Waals surface area contributed by atoms with Crippen molar-refractivity contribution in [3.63, 3.8) is 0 Å². The molecule has 0 aliphatic heterocycles. The molecule has 0 radical (unpaired) electrons. The SMILES string of the molecule is C=C(Cn1ccnc1)[C@H]1CC[C@H]2[C@@H]3CC[C@@H]4C[C@@](O)(C#CCCO)CC[C@@H]4C3CC[C@]12C. The Morgan fingerprint density at radius 1 is 1.12 bits per heavy atom. The molecule has 1 aromatic heterocycles. The Morgan fingerprint density at radius 3 is 2.75 bits per heavy atom. The predicted molar refractivity (Wildman–Crippen MR) is 126 cm³/mol. The van der Waals surface area contributed by atoms with E-state index in [1.54, 1.807) is 0 Å². The molecule has 0 amide bonds. The lowest BCUT2D eigenvalue weighted by Gasteiger charge is -2.57. The standard InChI is InChI=1S/C28H40N2O2/c1-20(18-30-15-14-29-19-30)25-7-8-26-24-6-5-21-17-28(32,11-3-4-16-31)13-10-22(21)23(24)9-12-27(25,26)2/h14-15,19,21-26,31-32H,1,4-10,12-13,16-18H2,2H3/t21-,22+,23?,24-,25-,26+,27-,28-/m1/s1. The number of hydrogen-bond acceptors (Lipinski definition) is 3. The van der Waals surface area contributed by atoms with E-state index < -0.39 is 5.60 Å². The molecule has 4 aliphatic rings. The summed E-state index contributed by atoms with van der Waals surface area (Å²) in [4.78, 5) is 4.21. The third-order valence-corrected chi connectivity index (χ3v) is 10.0. The minimum absolute atomic E-state index is 0.0782. The van der Waals surface area contributed by atoms with Gasteiger partial charge in [-0.3, -0.25) is 0 Å². The molecule has 4 nitrogen and oxygen atoms in total. The summed E-state index contributed by atoms with van der Waals surface area (Å²) >= 11 is 0. The molecule has 1 aromatic rings. The summed E-state index contributed by atoms with van der Waals surface area (Å²) in [5.74, 6) is 10.7. The number of fused-ring (bicyclic) bond motifs is 5. The van der Waals surface area contributed by atoms with Gasteiger partial charge in [-0.05, 0) is 98.7 Å². The molecule has 4 aliphatic carbocycles. The van der Waals surface area contributed by atoms with Gasteiger partial charge >= 0.3 is 0 Å². The van der Waals surface area contributed by atoms with Crippen LogP contribution >= 0.6 is 0 Å². The lowest BCUT2D eigenvalue weighted by atomic mass is 9.48. The first-order chi connectivity index (χ1) is 15.4. The highest BCUT2D eigenvalue weighted by Crippen LogP contribution is 2.65. The second kappa shape index (κ2) is 8.65. The van der Waals surface area contributed by atoms with Gasteiger partial charge < -0.3 is 14.8 Å². The second-order valence-corrected chi connectivity index (χ2v) is 11.6. The van der Waals surface area contributed by atoms with E-state index in [4.69, 9.17) is 5.11 Å². The summed E-state index contributed by atoms with van der Waals surface area (Å²) in [6.45, 7) is 8.12. The molecule has 4 heteroatoms. The van der Waals surface area contributed by atoms with Crippen LogP contribution in [-0.2, 0) is 6.54 Å². The molecule has 1 unspecified atom stereocenters. The Kier molecular flexibility index (Phi) is 6.01. The number of hydrogen-bond donors (Lipinski definition) is 2. The van der Waals surface area contributed by atoms with E-state index in [-0.39, 0.29) is 6.61 Å². The molecule has 32 heavy (non-hydrogen) atoms. The third-order valence-electron chi connectivity index (χ3n) is 10.0. The molecular weight excluding hydrogens is 396 g/mol. The van der Waals surface area contributed by atoms with Crippen LogP contribution in [0.15, 0.2) is 30.9 Å². The summed E-state index contributed by atoms with van der Waals surface area (Å²) in [6.07, 6.45) is 17.0. The first-order valence-electron chi connectivity index (χ1n) is 12.9. The van der Waals surface area contributed by atoms with Crippen LogP contribution in [0.5, 0.6) is 0 Å². The van der Waals surface area contributed by atoms with E-state index in [1.165, 1.54) is 44.1 Å². The van der Waals surface area contributed by atoms with Crippen LogP contribution in [0.25, 0.3) is 0 Å². The minimum Gasteiger partial charge on any atom is -0.395 e. The van der Waals surface area contributed by atoms with E-state index in [2.05, 4.69) is 41.1 Å². The van der Waals surface area contributed by atoms with E-state index in [1.807, 2.05) is 12.5 Å². The van der Waals surface area contributed by atoms with Gasteiger partial charge in [0, 0.05) is 25.4 Å². The Morgan fingerprint density at radius 2 is 1.97 bits per heavy atom. The first kappa shape index (κ1) is 22.2. The lowest BCUT2D eigenvalue weighted by molar-refractivity contribution is -0.0874. The molecule has 0 aromatic carbocycles. The average molecular weight is 437 g/mol. The highest BCUT2D eigenvalue weighted by atomic mass is 16.3. The molecule has 4 fully saturated rings. The van der Waals surface area contributed by atoms with Crippen molar-refractivity contribution in [2.75, 3.05) is 6.61 Å². The molecule has 2 N–H and O–H groups in total. The molecular formula is C28H40N2O2. The monoisotopic (exact) mass is 436 g/mol. The average Bonchev–Trinajstić information content (AvgIpc) is 3.40. The first-order valence-corrected chi connectivity index (χ1v) is 12.9. The topological polar surface area (TPSA) is 58.3 Å². The largest absolute Gasteiger partial charge is 0.395 e. The van der Waals surface area contributed by atoms with Crippen LogP contribution < -0.4 is 0 Å². The van der Waals surface area contributed by atoms with Crippen LogP contribution in [0.1, 0.15) is 71.1 Å². The van der Waals surface area contributed by atoms with Crippen molar-refractivity contribution >= 4 is 0 Å². The van der Waals surface area contributed by atoms with E-state index in [0.717, 1.165) is 49.5 Å². The van der Waals surface area contributed by atoms with Crippen LogP contribution in [-0.4, -0.2) is 32.0 Å². The maximum absolute atomic E-state index is 11.1. The molecule has 4 saturated carbocycles. The summed E-state index contributed by atoms with van der Waals surface area (Å²) in [6, 6.07) is 0. The second-order valence-electron chi connectivity index (χ2n) is 11.6. The number of aromatic nitrogens is 2. The van der Waals surface area contributed by atoms with E-state index in [9.17, 15) is 5.11 Å². The smallest absolute Gasteiger partial charge is 0.125 e. The van der Waals surface area contributed by atoms with E-state index in [0.29, 0.717) is 23.7 Å². The van der Waals surface area contributed by atoms with Gasteiger partial charge in [0.2, 0.25) is 0 Å². The zero-order chi connectivity index (χ0) is 22.3. The summed E-state index contributed by atoms with van der Waals surface area (Å²) in [7, 11) is 0. The third kappa shape index (κ3) is 3.86.